The molecule has 138 valence electrons. The van der Waals surface area contributed by atoms with Gasteiger partial charge < -0.3 is 25.2 Å². The summed E-state index contributed by atoms with van der Waals surface area (Å²) in [5.41, 5.74) is -0.589. The minimum absolute atomic E-state index is 0.208. The van der Waals surface area contributed by atoms with Gasteiger partial charge in [0.1, 0.15) is 0 Å². The maximum atomic E-state index is 12.1. The number of ether oxygens (including phenoxy) is 2. The van der Waals surface area contributed by atoms with Crippen molar-refractivity contribution in [3.05, 3.63) is 23.8 Å². The van der Waals surface area contributed by atoms with Gasteiger partial charge in [-0.15, -0.1) is 0 Å². The van der Waals surface area contributed by atoms with E-state index in [1.54, 1.807) is 26.0 Å². The number of amides is 2. The monoisotopic (exact) mass is 352 g/mol. The van der Waals surface area contributed by atoms with Crippen LogP contribution in [0.4, 0.5) is 0 Å². The number of carboxylic acids is 1. The first-order valence-corrected chi connectivity index (χ1v) is 7.71. The van der Waals surface area contributed by atoms with E-state index in [9.17, 15) is 14.4 Å². The van der Waals surface area contributed by atoms with E-state index in [0.29, 0.717) is 17.1 Å². The molecule has 0 aliphatic heterocycles. The summed E-state index contributed by atoms with van der Waals surface area (Å²) in [6, 6.07) is 4.67. The number of benzene rings is 1. The minimum Gasteiger partial charge on any atom is -0.493 e. The molecule has 0 atom stereocenters. The lowest BCUT2D eigenvalue weighted by Crippen LogP contribution is -2.39. The van der Waals surface area contributed by atoms with Crippen molar-refractivity contribution in [3.8, 4) is 11.5 Å². The summed E-state index contributed by atoms with van der Waals surface area (Å²) in [7, 11) is 2.96. The van der Waals surface area contributed by atoms with Gasteiger partial charge in [0, 0.05) is 12.1 Å². The lowest BCUT2D eigenvalue weighted by atomic mass is 9.90. The Kier molecular flexibility index (Phi) is 7.22. The van der Waals surface area contributed by atoms with Gasteiger partial charge in [-0.05, 0) is 38.5 Å². The van der Waals surface area contributed by atoms with Crippen LogP contribution in [0.2, 0.25) is 0 Å². The van der Waals surface area contributed by atoms with E-state index >= 15 is 0 Å². The molecular weight excluding hydrogens is 328 g/mol. The molecule has 0 aliphatic rings. The Morgan fingerprint density at radius 1 is 1.08 bits per heavy atom. The quantitative estimate of drug-likeness (QED) is 0.612. The second-order valence-electron chi connectivity index (χ2n) is 6.04. The van der Waals surface area contributed by atoms with E-state index in [4.69, 9.17) is 14.6 Å². The molecule has 0 aliphatic carbocycles. The number of hydrogen-bond donors (Lipinski definition) is 3. The maximum Gasteiger partial charge on any atom is 0.309 e. The number of carbonyl (C=O) groups is 3. The van der Waals surface area contributed by atoms with Crippen LogP contribution in [0.25, 0.3) is 0 Å². The fourth-order valence-corrected chi connectivity index (χ4v) is 1.92. The van der Waals surface area contributed by atoms with Gasteiger partial charge in [-0.3, -0.25) is 14.4 Å². The Bertz CT molecular complexity index is 642. The molecule has 0 radical (unpaired) electrons. The van der Waals surface area contributed by atoms with E-state index < -0.39 is 23.2 Å². The van der Waals surface area contributed by atoms with Crippen molar-refractivity contribution in [2.45, 2.75) is 20.3 Å². The minimum atomic E-state index is -0.927. The molecule has 3 N–H and O–H groups in total. The third kappa shape index (κ3) is 5.98. The SMILES string of the molecule is COc1ccc(C(=O)NCC(=O)NCCC(C)(C)C(=O)O)cc1OC. The molecule has 0 saturated carbocycles. The molecule has 0 saturated heterocycles. The topological polar surface area (TPSA) is 114 Å². The average Bonchev–Trinajstić information content (AvgIpc) is 2.58. The fourth-order valence-electron chi connectivity index (χ4n) is 1.92. The van der Waals surface area contributed by atoms with Crippen LogP contribution in [-0.2, 0) is 9.59 Å². The van der Waals surface area contributed by atoms with Crippen LogP contribution >= 0.6 is 0 Å². The van der Waals surface area contributed by atoms with Gasteiger partial charge in [-0.1, -0.05) is 0 Å². The van der Waals surface area contributed by atoms with Crippen molar-refractivity contribution in [1.82, 2.24) is 10.6 Å². The molecule has 0 spiro atoms. The molecule has 2 amide bonds. The van der Waals surface area contributed by atoms with Crippen molar-refractivity contribution in [1.29, 1.82) is 0 Å². The number of aliphatic carboxylic acids is 1. The number of nitrogens with one attached hydrogen (secondary N) is 2. The molecule has 0 heterocycles. The van der Waals surface area contributed by atoms with Crippen molar-refractivity contribution < 1.29 is 29.0 Å². The van der Waals surface area contributed by atoms with Gasteiger partial charge in [0.05, 0.1) is 26.2 Å². The highest BCUT2D eigenvalue weighted by Gasteiger charge is 2.26. The molecule has 1 aromatic carbocycles. The summed E-state index contributed by atoms with van der Waals surface area (Å²) >= 11 is 0. The molecule has 0 unspecified atom stereocenters. The maximum absolute atomic E-state index is 12.1. The fraction of sp³-hybridized carbons (Fsp3) is 0.471. The normalized spacial score (nSPS) is 10.7. The Balaban J connectivity index is 2.48. The Hall–Kier alpha value is -2.77. The lowest BCUT2D eigenvalue weighted by Gasteiger charge is -2.18. The van der Waals surface area contributed by atoms with Crippen LogP contribution in [0.1, 0.15) is 30.6 Å². The molecule has 8 heteroatoms. The molecule has 0 fully saturated rings. The highest BCUT2D eigenvalue weighted by Crippen LogP contribution is 2.27. The van der Waals surface area contributed by atoms with Gasteiger partial charge in [0.25, 0.3) is 5.91 Å². The summed E-state index contributed by atoms with van der Waals surface area (Å²) < 4.78 is 10.2. The van der Waals surface area contributed by atoms with Crippen LogP contribution in [0.5, 0.6) is 11.5 Å². The molecule has 0 bridgehead atoms. The summed E-state index contributed by atoms with van der Waals surface area (Å²) in [5, 5.41) is 14.1. The smallest absolute Gasteiger partial charge is 0.309 e. The number of carbonyl (C=O) groups excluding carboxylic acids is 2. The van der Waals surface area contributed by atoms with E-state index in [1.165, 1.54) is 20.3 Å². The van der Waals surface area contributed by atoms with Crippen LogP contribution < -0.4 is 20.1 Å². The van der Waals surface area contributed by atoms with Crippen molar-refractivity contribution in [2.75, 3.05) is 27.3 Å². The predicted octanol–water partition coefficient (Wildman–Crippen LogP) is 1.05. The molecule has 1 rings (SSSR count). The highest BCUT2D eigenvalue weighted by atomic mass is 16.5. The van der Waals surface area contributed by atoms with Crippen molar-refractivity contribution in [3.63, 3.8) is 0 Å². The lowest BCUT2D eigenvalue weighted by molar-refractivity contribution is -0.147. The molecule has 0 aromatic heterocycles. The second-order valence-corrected chi connectivity index (χ2v) is 6.04. The molecule has 8 nitrogen and oxygen atoms in total. The Labute approximate surface area is 146 Å². The first-order valence-electron chi connectivity index (χ1n) is 7.71. The third-order valence-corrected chi connectivity index (χ3v) is 3.71. The first-order chi connectivity index (χ1) is 11.7. The third-order valence-electron chi connectivity index (χ3n) is 3.71. The Morgan fingerprint density at radius 2 is 1.72 bits per heavy atom. The van der Waals surface area contributed by atoms with Crippen LogP contribution in [-0.4, -0.2) is 50.2 Å². The molecule has 1 aromatic rings. The number of hydrogen-bond acceptors (Lipinski definition) is 5. The zero-order chi connectivity index (χ0) is 19.0. The summed E-state index contributed by atoms with van der Waals surface area (Å²) in [5.74, 6) is -0.839. The van der Waals surface area contributed by atoms with Crippen LogP contribution in [0, 0.1) is 5.41 Å². The Morgan fingerprint density at radius 3 is 2.28 bits per heavy atom. The van der Waals surface area contributed by atoms with Crippen LogP contribution in [0.15, 0.2) is 18.2 Å². The largest absolute Gasteiger partial charge is 0.493 e. The summed E-state index contributed by atoms with van der Waals surface area (Å²) in [4.78, 5) is 34.8. The van der Waals surface area contributed by atoms with Gasteiger partial charge in [0.2, 0.25) is 5.91 Å². The first kappa shape index (κ1) is 20.3. The molecule has 25 heavy (non-hydrogen) atoms. The van der Waals surface area contributed by atoms with E-state index in [-0.39, 0.29) is 19.5 Å². The predicted molar refractivity (Wildman–Crippen MR) is 90.9 cm³/mol. The number of methoxy groups -OCH3 is 2. The molecular formula is C17H24N2O6. The van der Waals surface area contributed by atoms with E-state index in [0.717, 1.165) is 0 Å². The number of carboxylic acid groups (broad SMARTS) is 1. The zero-order valence-electron chi connectivity index (χ0n) is 14.8. The van der Waals surface area contributed by atoms with Gasteiger partial charge in [0.15, 0.2) is 11.5 Å². The van der Waals surface area contributed by atoms with Gasteiger partial charge in [-0.25, -0.2) is 0 Å². The standard InChI is InChI=1S/C17H24N2O6/c1-17(2,16(22)23)7-8-18-14(20)10-19-15(21)11-5-6-12(24-3)13(9-11)25-4/h5-6,9H,7-8,10H2,1-4H3,(H,18,20)(H,19,21)(H,22,23). The zero-order valence-corrected chi connectivity index (χ0v) is 14.8. The second kappa shape index (κ2) is 8.91. The van der Waals surface area contributed by atoms with Gasteiger partial charge in [-0.2, -0.15) is 0 Å². The van der Waals surface area contributed by atoms with E-state index in [1.807, 2.05) is 0 Å². The number of rotatable bonds is 9. The average molecular weight is 352 g/mol. The van der Waals surface area contributed by atoms with Crippen LogP contribution in [0.3, 0.4) is 0 Å². The van der Waals surface area contributed by atoms with E-state index in [2.05, 4.69) is 10.6 Å². The van der Waals surface area contributed by atoms with Crippen molar-refractivity contribution >= 4 is 17.8 Å². The summed E-state index contributed by atoms with van der Waals surface area (Å²) in [6.07, 6.45) is 0.289. The summed E-state index contributed by atoms with van der Waals surface area (Å²) in [6.45, 7) is 3.17. The van der Waals surface area contributed by atoms with Gasteiger partial charge >= 0.3 is 5.97 Å². The van der Waals surface area contributed by atoms with Crippen molar-refractivity contribution in [2.24, 2.45) is 5.41 Å². The highest BCUT2D eigenvalue weighted by molar-refractivity contribution is 5.97.